The molecule has 0 aliphatic rings. The third kappa shape index (κ3) is 2.84. The maximum Gasteiger partial charge on any atom is 0.222 e. The van der Waals surface area contributed by atoms with Crippen molar-refractivity contribution < 1.29 is 9.84 Å². The number of rotatable bonds is 3. The molecule has 88 valence electrons. The van der Waals surface area contributed by atoms with Gasteiger partial charge in [0.1, 0.15) is 5.75 Å². The summed E-state index contributed by atoms with van der Waals surface area (Å²) in [6.45, 7) is 1.89. The third-order valence-corrected chi connectivity index (χ3v) is 2.97. The summed E-state index contributed by atoms with van der Waals surface area (Å²) in [6, 6.07) is 9.46. The number of hydrogen-bond donors (Lipinski definition) is 1. The number of hydrogen-bond acceptors (Lipinski definition) is 3. The maximum absolute atomic E-state index is 9.00. The minimum absolute atomic E-state index is 0.0108. The van der Waals surface area contributed by atoms with Crippen LogP contribution in [0.15, 0.2) is 41.0 Å². The van der Waals surface area contributed by atoms with Gasteiger partial charge in [-0.2, -0.15) is 0 Å². The maximum atomic E-state index is 9.00. The number of halogens is 1. The molecule has 1 aromatic carbocycles. The van der Waals surface area contributed by atoms with Gasteiger partial charge in [0.25, 0.3) is 0 Å². The summed E-state index contributed by atoms with van der Waals surface area (Å²) in [5.74, 6) is 1.27. The van der Waals surface area contributed by atoms with E-state index in [1.807, 2.05) is 37.3 Å². The van der Waals surface area contributed by atoms with E-state index in [0.29, 0.717) is 5.88 Å². The summed E-state index contributed by atoms with van der Waals surface area (Å²) < 4.78 is 6.58. The van der Waals surface area contributed by atoms with Gasteiger partial charge in [-0.25, -0.2) is 4.98 Å². The largest absolute Gasteiger partial charge is 0.438 e. The van der Waals surface area contributed by atoms with E-state index >= 15 is 0 Å². The number of nitrogens with zero attached hydrogens (tertiary/aromatic N) is 1. The van der Waals surface area contributed by atoms with Crippen LogP contribution in [0.5, 0.6) is 11.6 Å². The van der Waals surface area contributed by atoms with Crippen LogP contribution in [0, 0.1) is 6.92 Å². The smallest absolute Gasteiger partial charge is 0.222 e. The number of aryl methyl sites for hydroxylation is 1. The van der Waals surface area contributed by atoms with Crippen LogP contribution in [0.4, 0.5) is 0 Å². The quantitative estimate of drug-likeness (QED) is 0.943. The van der Waals surface area contributed by atoms with Crippen LogP contribution >= 0.6 is 15.9 Å². The minimum Gasteiger partial charge on any atom is -0.438 e. The monoisotopic (exact) mass is 293 g/mol. The van der Waals surface area contributed by atoms with Crippen molar-refractivity contribution >= 4 is 15.9 Å². The molecule has 1 N–H and O–H groups in total. The Labute approximate surface area is 108 Å². The Morgan fingerprint density at radius 1 is 1.35 bits per heavy atom. The lowest BCUT2D eigenvalue weighted by molar-refractivity contribution is 0.281. The van der Waals surface area contributed by atoms with E-state index in [9.17, 15) is 0 Å². The zero-order valence-electron chi connectivity index (χ0n) is 9.35. The lowest BCUT2D eigenvalue weighted by Gasteiger charge is -2.09. The second-order valence-electron chi connectivity index (χ2n) is 3.66. The molecule has 0 aliphatic carbocycles. The molecule has 0 fully saturated rings. The van der Waals surface area contributed by atoms with Gasteiger partial charge in [-0.1, -0.05) is 12.1 Å². The molecule has 0 saturated heterocycles. The van der Waals surface area contributed by atoms with Crippen molar-refractivity contribution in [2.45, 2.75) is 13.5 Å². The first-order chi connectivity index (χ1) is 8.20. The normalized spacial score (nSPS) is 10.3. The first-order valence-corrected chi connectivity index (χ1v) is 5.99. The van der Waals surface area contributed by atoms with E-state index in [1.54, 1.807) is 6.20 Å². The fraction of sp³-hybridized carbons (Fsp3) is 0.154. The molecule has 0 amide bonds. The van der Waals surface area contributed by atoms with Gasteiger partial charge >= 0.3 is 0 Å². The van der Waals surface area contributed by atoms with Crippen molar-refractivity contribution in [1.29, 1.82) is 0 Å². The molecule has 1 heterocycles. The van der Waals surface area contributed by atoms with E-state index in [4.69, 9.17) is 9.84 Å². The molecule has 0 unspecified atom stereocenters. The zero-order chi connectivity index (χ0) is 12.3. The minimum atomic E-state index is -0.0108. The molecule has 0 saturated carbocycles. The van der Waals surface area contributed by atoms with Crippen LogP contribution < -0.4 is 4.74 Å². The predicted molar refractivity (Wildman–Crippen MR) is 69.1 cm³/mol. The topological polar surface area (TPSA) is 42.4 Å². The molecule has 0 atom stereocenters. The average molecular weight is 294 g/mol. The van der Waals surface area contributed by atoms with Crippen molar-refractivity contribution in [3.8, 4) is 11.6 Å². The van der Waals surface area contributed by atoms with Crippen molar-refractivity contribution in [3.05, 3.63) is 52.1 Å². The van der Waals surface area contributed by atoms with E-state index in [1.165, 1.54) is 0 Å². The molecule has 0 spiro atoms. The van der Waals surface area contributed by atoms with Crippen molar-refractivity contribution in [2.75, 3.05) is 0 Å². The summed E-state index contributed by atoms with van der Waals surface area (Å²) in [5, 5.41) is 9.00. The second kappa shape index (κ2) is 5.29. The fourth-order valence-corrected chi connectivity index (χ4v) is 1.81. The molecule has 0 bridgehead atoms. The molecule has 1 aromatic heterocycles. The van der Waals surface area contributed by atoms with Crippen molar-refractivity contribution in [1.82, 2.24) is 4.98 Å². The Balaban J connectivity index is 2.28. The van der Waals surface area contributed by atoms with Crippen LogP contribution in [0.1, 0.15) is 11.1 Å². The third-order valence-electron chi connectivity index (χ3n) is 2.31. The number of aliphatic hydroxyl groups is 1. The predicted octanol–water partition coefficient (Wildman–Crippen LogP) is 3.44. The number of aromatic nitrogens is 1. The standard InChI is InChI=1S/C13H12BrNO2/c1-9-6-10(8-16)7-15-13(9)17-12-5-3-2-4-11(12)14/h2-7,16H,8H2,1H3. The molecule has 0 aliphatic heterocycles. The number of aliphatic hydroxyl groups excluding tert-OH is 1. The SMILES string of the molecule is Cc1cc(CO)cnc1Oc1ccccc1Br. The van der Waals surface area contributed by atoms with Gasteiger partial charge in [0.05, 0.1) is 11.1 Å². The zero-order valence-corrected chi connectivity index (χ0v) is 10.9. The van der Waals surface area contributed by atoms with E-state index in [2.05, 4.69) is 20.9 Å². The summed E-state index contributed by atoms with van der Waals surface area (Å²) in [7, 11) is 0. The molecule has 4 heteroatoms. The number of pyridine rings is 1. The Bertz CT molecular complexity index is 529. The molecule has 0 radical (unpaired) electrons. The molecule has 2 aromatic rings. The fourth-order valence-electron chi connectivity index (χ4n) is 1.45. The Morgan fingerprint density at radius 2 is 2.12 bits per heavy atom. The number of benzene rings is 1. The lowest BCUT2D eigenvalue weighted by Crippen LogP contribution is -1.94. The first kappa shape index (κ1) is 12.1. The molecule has 3 nitrogen and oxygen atoms in total. The molecular formula is C13H12BrNO2. The highest BCUT2D eigenvalue weighted by molar-refractivity contribution is 9.10. The Kier molecular flexibility index (Phi) is 3.76. The number of ether oxygens (including phenoxy) is 1. The van der Waals surface area contributed by atoms with Crippen molar-refractivity contribution in [3.63, 3.8) is 0 Å². The Morgan fingerprint density at radius 3 is 2.76 bits per heavy atom. The van der Waals surface area contributed by atoms with Crippen LogP contribution in [-0.4, -0.2) is 10.1 Å². The van der Waals surface area contributed by atoms with Gasteiger partial charge in [-0.05, 0) is 46.6 Å². The highest BCUT2D eigenvalue weighted by Crippen LogP contribution is 2.29. The van der Waals surface area contributed by atoms with Gasteiger partial charge in [-0.3, -0.25) is 0 Å². The summed E-state index contributed by atoms with van der Waals surface area (Å²) in [6.07, 6.45) is 1.61. The van der Waals surface area contributed by atoms with Gasteiger partial charge < -0.3 is 9.84 Å². The van der Waals surface area contributed by atoms with Gasteiger partial charge in [0.2, 0.25) is 5.88 Å². The Hall–Kier alpha value is -1.39. The lowest BCUT2D eigenvalue weighted by atomic mass is 10.2. The molecular weight excluding hydrogens is 282 g/mol. The van der Waals surface area contributed by atoms with Gasteiger partial charge in [0, 0.05) is 11.8 Å². The van der Waals surface area contributed by atoms with Crippen LogP contribution in [0.25, 0.3) is 0 Å². The van der Waals surface area contributed by atoms with Crippen LogP contribution in [-0.2, 0) is 6.61 Å². The van der Waals surface area contributed by atoms with E-state index < -0.39 is 0 Å². The summed E-state index contributed by atoms with van der Waals surface area (Å²) >= 11 is 3.41. The molecule has 17 heavy (non-hydrogen) atoms. The average Bonchev–Trinajstić information content (AvgIpc) is 2.34. The molecule has 2 rings (SSSR count). The van der Waals surface area contributed by atoms with E-state index in [0.717, 1.165) is 21.3 Å². The first-order valence-electron chi connectivity index (χ1n) is 5.19. The van der Waals surface area contributed by atoms with Gasteiger partial charge in [-0.15, -0.1) is 0 Å². The summed E-state index contributed by atoms with van der Waals surface area (Å²) in [5.41, 5.74) is 1.68. The van der Waals surface area contributed by atoms with Crippen molar-refractivity contribution in [2.24, 2.45) is 0 Å². The summed E-state index contributed by atoms with van der Waals surface area (Å²) in [4.78, 5) is 4.18. The van der Waals surface area contributed by atoms with Crippen LogP contribution in [0.2, 0.25) is 0 Å². The number of para-hydroxylation sites is 1. The van der Waals surface area contributed by atoms with Gasteiger partial charge in [0.15, 0.2) is 0 Å². The second-order valence-corrected chi connectivity index (χ2v) is 4.51. The highest BCUT2D eigenvalue weighted by Gasteiger charge is 2.06. The highest BCUT2D eigenvalue weighted by atomic mass is 79.9. The van der Waals surface area contributed by atoms with E-state index in [-0.39, 0.29) is 6.61 Å². The van der Waals surface area contributed by atoms with Crippen LogP contribution in [0.3, 0.4) is 0 Å².